The van der Waals surface area contributed by atoms with E-state index in [1.807, 2.05) is 7.11 Å². The third kappa shape index (κ3) is 8.93. The summed E-state index contributed by atoms with van der Waals surface area (Å²) in [5.74, 6) is 0. The van der Waals surface area contributed by atoms with Gasteiger partial charge in [0, 0.05) is 13.2 Å². The molecule has 2 atom stereocenters. The molecule has 110 valence electrons. The highest BCUT2D eigenvalue weighted by atomic mass is 16.5. The number of ether oxygens (including phenoxy) is 1. The van der Waals surface area contributed by atoms with Gasteiger partial charge in [0.2, 0.25) is 0 Å². The Morgan fingerprint density at radius 2 is 1.50 bits per heavy atom. The minimum atomic E-state index is 0.380. The van der Waals surface area contributed by atoms with Crippen molar-refractivity contribution in [2.45, 2.75) is 90.7 Å². The van der Waals surface area contributed by atoms with Crippen LogP contribution < -0.4 is 5.32 Å². The van der Waals surface area contributed by atoms with Gasteiger partial charge < -0.3 is 10.1 Å². The second-order valence-corrected chi connectivity index (χ2v) is 5.26. The van der Waals surface area contributed by atoms with Crippen LogP contribution in [-0.2, 0) is 4.74 Å². The lowest BCUT2D eigenvalue weighted by atomic mass is 10.00. The van der Waals surface area contributed by atoms with E-state index in [2.05, 4.69) is 26.1 Å². The van der Waals surface area contributed by atoms with E-state index in [0.29, 0.717) is 12.1 Å². The number of methoxy groups -OCH3 is 1. The van der Waals surface area contributed by atoms with Crippen LogP contribution in [0.2, 0.25) is 0 Å². The van der Waals surface area contributed by atoms with Gasteiger partial charge in [0.1, 0.15) is 0 Å². The van der Waals surface area contributed by atoms with E-state index in [9.17, 15) is 0 Å². The zero-order valence-corrected chi connectivity index (χ0v) is 13.1. The molecule has 0 aliphatic heterocycles. The van der Waals surface area contributed by atoms with Crippen LogP contribution >= 0.6 is 0 Å². The first-order valence-corrected chi connectivity index (χ1v) is 8.06. The summed E-state index contributed by atoms with van der Waals surface area (Å²) in [5, 5.41) is 3.57. The van der Waals surface area contributed by atoms with Crippen LogP contribution in [0.4, 0.5) is 0 Å². The minimum Gasteiger partial charge on any atom is -0.380 e. The summed E-state index contributed by atoms with van der Waals surface area (Å²) in [5.41, 5.74) is 0. The fraction of sp³-hybridized carbons (Fsp3) is 1.00. The zero-order valence-electron chi connectivity index (χ0n) is 13.1. The standard InChI is InChI=1S/C16H35NO/c1-5-8-9-10-11-12-13-14-15(17-7-3)16(6-2)18-4/h15-17H,5-14H2,1-4H3. The van der Waals surface area contributed by atoms with Gasteiger partial charge in [-0.25, -0.2) is 0 Å². The number of likely N-dealkylation sites (N-methyl/N-ethyl adjacent to an activating group) is 1. The van der Waals surface area contributed by atoms with Crippen molar-refractivity contribution in [2.75, 3.05) is 13.7 Å². The normalized spacial score (nSPS) is 14.7. The van der Waals surface area contributed by atoms with Gasteiger partial charge in [0.05, 0.1) is 6.10 Å². The fourth-order valence-corrected chi connectivity index (χ4v) is 2.62. The summed E-state index contributed by atoms with van der Waals surface area (Å²) in [6, 6.07) is 0.542. The van der Waals surface area contributed by atoms with Gasteiger partial charge in [-0.15, -0.1) is 0 Å². The lowest BCUT2D eigenvalue weighted by molar-refractivity contribution is 0.0621. The summed E-state index contributed by atoms with van der Waals surface area (Å²) in [6.07, 6.45) is 12.4. The largest absolute Gasteiger partial charge is 0.380 e. The number of unbranched alkanes of at least 4 members (excludes halogenated alkanes) is 6. The van der Waals surface area contributed by atoms with Crippen molar-refractivity contribution in [3.8, 4) is 0 Å². The summed E-state index contributed by atoms with van der Waals surface area (Å²) in [7, 11) is 1.84. The second-order valence-electron chi connectivity index (χ2n) is 5.26. The molecule has 2 nitrogen and oxygen atoms in total. The van der Waals surface area contributed by atoms with Crippen molar-refractivity contribution in [1.82, 2.24) is 5.32 Å². The molecule has 2 unspecified atom stereocenters. The van der Waals surface area contributed by atoms with Crippen LogP contribution in [0, 0.1) is 0 Å². The maximum absolute atomic E-state index is 5.56. The molecule has 0 aliphatic carbocycles. The van der Waals surface area contributed by atoms with Crippen LogP contribution in [0.5, 0.6) is 0 Å². The topological polar surface area (TPSA) is 21.3 Å². The lowest BCUT2D eigenvalue weighted by Gasteiger charge is -2.25. The Balaban J connectivity index is 3.63. The van der Waals surface area contributed by atoms with E-state index in [-0.39, 0.29) is 0 Å². The number of rotatable bonds is 13. The third-order valence-electron chi connectivity index (χ3n) is 3.74. The first-order chi connectivity index (χ1) is 8.79. The van der Waals surface area contributed by atoms with Gasteiger partial charge in [0.25, 0.3) is 0 Å². The van der Waals surface area contributed by atoms with Crippen LogP contribution in [0.3, 0.4) is 0 Å². The highest BCUT2D eigenvalue weighted by Crippen LogP contribution is 2.14. The molecule has 0 aromatic carbocycles. The van der Waals surface area contributed by atoms with Gasteiger partial charge in [0.15, 0.2) is 0 Å². The van der Waals surface area contributed by atoms with E-state index in [1.165, 1.54) is 51.4 Å². The molecule has 1 N–H and O–H groups in total. The molecule has 0 radical (unpaired) electrons. The molecule has 0 spiro atoms. The summed E-state index contributed by atoms with van der Waals surface area (Å²) in [6.45, 7) is 7.71. The van der Waals surface area contributed by atoms with Gasteiger partial charge in [-0.1, -0.05) is 65.7 Å². The molecular weight excluding hydrogens is 222 g/mol. The lowest BCUT2D eigenvalue weighted by Crippen LogP contribution is -2.40. The number of hydrogen-bond donors (Lipinski definition) is 1. The Labute approximate surface area is 115 Å². The molecule has 0 amide bonds. The van der Waals surface area contributed by atoms with Crippen LogP contribution in [0.15, 0.2) is 0 Å². The predicted octanol–water partition coefficient (Wildman–Crippen LogP) is 4.53. The third-order valence-corrected chi connectivity index (χ3v) is 3.74. The summed E-state index contributed by atoms with van der Waals surface area (Å²) in [4.78, 5) is 0. The molecule has 0 heterocycles. The molecule has 0 saturated heterocycles. The Bertz CT molecular complexity index is 157. The van der Waals surface area contributed by atoms with Crippen molar-refractivity contribution in [2.24, 2.45) is 0 Å². The van der Waals surface area contributed by atoms with E-state index < -0.39 is 0 Å². The fourth-order valence-electron chi connectivity index (χ4n) is 2.62. The molecule has 0 aliphatic rings. The second kappa shape index (κ2) is 13.4. The van der Waals surface area contributed by atoms with Crippen molar-refractivity contribution in [3.05, 3.63) is 0 Å². The highest BCUT2D eigenvalue weighted by molar-refractivity contribution is 4.75. The maximum atomic E-state index is 5.56. The Kier molecular flexibility index (Phi) is 13.3. The highest BCUT2D eigenvalue weighted by Gasteiger charge is 2.17. The Morgan fingerprint density at radius 3 is 2.00 bits per heavy atom. The van der Waals surface area contributed by atoms with E-state index in [0.717, 1.165) is 13.0 Å². The van der Waals surface area contributed by atoms with Crippen molar-refractivity contribution in [1.29, 1.82) is 0 Å². The molecule has 2 heteroatoms. The molecule has 0 rings (SSSR count). The van der Waals surface area contributed by atoms with E-state index in [4.69, 9.17) is 4.74 Å². The Hall–Kier alpha value is -0.0800. The van der Waals surface area contributed by atoms with Crippen LogP contribution in [0.25, 0.3) is 0 Å². The predicted molar refractivity (Wildman–Crippen MR) is 81.2 cm³/mol. The number of hydrogen-bond acceptors (Lipinski definition) is 2. The summed E-state index contributed by atoms with van der Waals surface area (Å²) < 4.78 is 5.56. The Morgan fingerprint density at radius 1 is 0.889 bits per heavy atom. The molecule has 18 heavy (non-hydrogen) atoms. The van der Waals surface area contributed by atoms with Gasteiger partial charge >= 0.3 is 0 Å². The molecule has 0 fully saturated rings. The SMILES string of the molecule is CCCCCCCCCC(NCC)C(CC)OC. The van der Waals surface area contributed by atoms with Crippen LogP contribution in [0.1, 0.15) is 78.6 Å². The van der Waals surface area contributed by atoms with Gasteiger partial charge in [-0.2, -0.15) is 0 Å². The first-order valence-electron chi connectivity index (χ1n) is 8.06. The van der Waals surface area contributed by atoms with Crippen molar-refractivity contribution in [3.63, 3.8) is 0 Å². The quantitative estimate of drug-likeness (QED) is 0.489. The van der Waals surface area contributed by atoms with Crippen molar-refractivity contribution < 1.29 is 4.74 Å². The van der Waals surface area contributed by atoms with Gasteiger partial charge in [-0.05, 0) is 19.4 Å². The molecule has 0 aromatic rings. The maximum Gasteiger partial charge on any atom is 0.0721 e. The van der Waals surface area contributed by atoms with Gasteiger partial charge in [-0.3, -0.25) is 0 Å². The molecule has 0 aromatic heterocycles. The van der Waals surface area contributed by atoms with Crippen LogP contribution in [-0.4, -0.2) is 25.8 Å². The average molecular weight is 257 g/mol. The van der Waals surface area contributed by atoms with E-state index in [1.54, 1.807) is 0 Å². The monoisotopic (exact) mass is 257 g/mol. The smallest absolute Gasteiger partial charge is 0.0721 e. The minimum absolute atomic E-state index is 0.380. The summed E-state index contributed by atoms with van der Waals surface area (Å²) >= 11 is 0. The molecule has 0 bridgehead atoms. The average Bonchev–Trinajstić information content (AvgIpc) is 2.39. The number of nitrogens with one attached hydrogen (secondary N) is 1. The first kappa shape index (κ1) is 17.9. The van der Waals surface area contributed by atoms with E-state index >= 15 is 0 Å². The zero-order chi connectivity index (χ0) is 13.6. The molecular formula is C16H35NO. The molecule has 0 saturated carbocycles. The van der Waals surface area contributed by atoms with Crippen molar-refractivity contribution >= 4 is 0 Å².